The van der Waals surface area contributed by atoms with Crippen molar-refractivity contribution in [2.24, 2.45) is 0 Å². The van der Waals surface area contributed by atoms with Crippen LogP contribution < -0.4 is 15.4 Å². The van der Waals surface area contributed by atoms with Crippen LogP contribution in [-0.4, -0.2) is 58.5 Å². The number of amides is 1. The van der Waals surface area contributed by atoms with Gasteiger partial charge in [-0.3, -0.25) is 14.4 Å². The number of hydrogen-bond donors (Lipinski definition) is 3. The Morgan fingerprint density at radius 2 is 1.64 bits per heavy atom. The van der Waals surface area contributed by atoms with Crippen molar-refractivity contribution < 1.29 is 13.2 Å². The van der Waals surface area contributed by atoms with Crippen LogP contribution in [0.1, 0.15) is 10.4 Å². The summed E-state index contributed by atoms with van der Waals surface area (Å²) in [7, 11) is -3.63. The Labute approximate surface area is 172 Å². The maximum Gasteiger partial charge on any atom is 0.261 e. The summed E-state index contributed by atoms with van der Waals surface area (Å²) in [6.45, 7) is 5.35. The molecule has 0 aromatic heterocycles. The minimum atomic E-state index is -3.63. The molecule has 1 aliphatic rings. The van der Waals surface area contributed by atoms with E-state index in [-0.39, 0.29) is 23.2 Å². The number of nitrogens with zero attached hydrogens (tertiary/aromatic N) is 1. The average molecular weight is 425 g/mol. The second-order valence-electron chi connectivity index (χ2n) is 6.34. The number of sulfonamides is 1. The van der Waals surface area contributed by atoms with Crippen molar-refractivity contribution in [3.8, 4) is 0 Å². The lowest BCUT2D eigenvalue weighted by molar-refractivity contribution is 0.0947. The third-order valence-electron chi connectivity index (χ3n) is 4.38. The van der Waals surface area contributed by atoms with E-state index in [1.54, 1.807) is 42.5 Å². The fourth-order valence-corrected chi connectivity index (χ4v) is 3.95. The van der Waals surface area contributed by atoms with Gasteiger partial charge in [0.25, 0.3) is 15.9 Å². The molecule has 3 rings (SSSR count). The third kappa shape index (κ3) is 6.20. The molecule has 0 atom stereocenters. The molecule has 9 heteroatoms. The smallest absolute Gasteiger partial charge is 0.261 e. The van der Waals surface area contributed by atoms with E-state index < -0.39 is 10.0 Å². The summed E-state index contributed by atoms with van der Waals surface area (Å²) in [5, 5.41) is 6.19. The van der Waals surface area contributed by atoms with E-state index in [2.05, 4.69) is 20.3 Å². The molecule has 2 aromatic rings. The van der Waals surface area contributed by atoms with Gasteiger partial charge in [-0.25, -0.2) is 8.42 Å². The van der Waals surface area contributed by atoms with Gasteiger partial charge in [0.1, 0.15) is 0 Å². The molecule has 28 heavy (non-hydrogen) atoms. The zero-order valence-corrected chi connectivity index (χ0v) is 17.1. The van der Waals surface area contributed by atoms with Gasteiger partial charge in [0.05, 0.1) is 4.90 Å². The highest BCUT2D eigenvalue weighted by atomic mass is 35.5. The van der Waals surface area contributed by atoms with Gasteiger partial charge < -0.3 is 10.6 Å². The zero-order valence-electron chi connectivity index (χ0n) is 15.4. The fourth-order valence-electron chi connectivity index (χ4n) is 2.87. The van der Waals surface area contributed by atoms with Crippen molar-refractivity contribution in [1.29, 1.82) is 0 Å². The number of hydrogen-bond acceptors (Lipinski definition) is 5. The van der Waals surface area contributed by atoms with E-state index in [4.69, 9.17) is 0 Å². The fraction of sp³-hybridized carbons (Fsp3) is 0.316. The molecule has 0 saturated carbocycles. The zero-order chi connectivity index (χ0) is 19.1. The summed E-state index contributed by atoms with van der Waals surface area (Å²) in [6.07, 6.45) is 0. The van der Waals surface area contributed by atoms with Crippen molar-refractivity contribution in [1.82, 2.24) is 15.5 Å². The second kappa shape index (κ2) is 10.4. The molecule has 0 spiro atoms. The van der Waals surface area contributed by atoms with Gasteiger partial charge in [0.15, 0.2) is 0 Å². The van der Waals surface area contributed by atoms with Crippen LogP contribution in [0.5, 0.6) is 0 Å². The average Bonchev–Trinajstić information content (AvgIpc) is 2.70. The van der Waals surface area contributed by atoms with Crippen molar-refractivity contribution in [2.75, 3.05) is 44.0 Å². The topological polar surface area (TPSA) is 90.5 Å². The molecule has 1 aliphatic heterocycles. The molecule has 0 aliphatic carbocycles. The van der Waals surface area contributed by atoms with E-state index in [9.17, 15) is 13.2 Å². The third-order valence-corrected chi connectivity index (χ3v) is 5.77. The van der Waals surface area contributed by atoms with Gasteiger partial charge >= 0.3 is 0 Å². The predicted octanol–water partition coefficient (Wildman–Crippen LogP) is 1.54. The Balaban J connectivity index is 0.00000280. The monoisotopic (exact) mass is 424 g/mol. The second-order valence-corrected chi connectivity index (χ2v) is 8.03. The Hall–Kier alpha value is -2.13. The highest BCUT2D eigenvalue weighted by molar-refractivity contribution is 7.92. The van der Waals surface area contributed by atoms with Crippen LogP contribution in [0.25, 0.3) is 0 Å². The SMILES string of the molecule is Cl.O=C(NCCN1CCNCC1)c1ccc(NS(=O)(=O)c2ccccc2)cc1. The number of benzene rings is 2. The molecule has 0 unspecified atom stereocenters. The number of nitrogens with one attached hydrogen (secondary N) is 3. The minimum Gasteiger partial charge on any atom is -0.351 e. The maximum atomic E-state index is 12.3. The summed E-state index contributed by atoms with van der Waals surface area (Å²) < 4.78 is 27.1. The van der Waals surface area contributed by atoms with Crippen LogP contribution in [0.2, 0.25) is 0 Å². The maximum absolute atomic E-state index is 12.3. The molecule has 2 aromatic carbocycles. The molecule has 0 bridgehead atoms. The van der Waals surface area contributed by atoms with Gasteiger partial charge in [-0.1, -0.05) is 18.2 Å². The van der Waals surface area contributed by atoms with Gasteiger partial charge in [-0.15, -0.1) is 12.4 Å². The van der Waals surface area contributed by atoms with E-state index in [0.717, 1.165) is 32.7 Å². The lowest BCUT2D eigenvalue weighted by Crippen LogP contribution is -2.46. The molecular formula is C19H25ClN4O3S. The molecule has 1 heterocycles. The van der Waals surface area contributed by atoms with Crippen LogP contribution in [-0.2, 0) is 10.0 Å². The van der Waals surface area contributed by atoms with Crippen molar-refractivity contribution in [2.45, 2.75) is 4.90 Å². The first kappa shape index (κ1) is 22.2. The number of anilines is 1. The Kier molecular flexibility index (Phi) is 8.25. The Morgan fingerprint density at radius 3 is 2.29 bits per heavy atom. The molecule has 7 nitrogen and oxygen atoms in total. The van der Waals surface area contributed by atoms with Crippen molar-refractivity contribution >= 4 is 34.0 Å². The molecule has 1 saturated heterocycles. The van der Waals surface area contributed by atoms with Crippen LogP contribution in [0, 0.1) is 0 Å². The number of halogens is 1. The van der Waals surface area contributed by atoms with Gasteiger partial charge in [-0.2, -0.15) is 0 Å². The number of carbonyl (C=O) groups excluding carboxylic acids is 1. The Bertz CT molecular complexity index is 855. The predicted molar refractivity (Wildman–Crippen MR) is 113 cm³/mol. The quantitative estimate of drug-likeness (QED) is 0.627. The molecular weight excluding hydrogens is 400 g/mol. The summed E-state index contributed by atoms with van der Waals surface area (Å²) in [4.78, 5) is 14.7. The minimum absolute atomic E-state index is 0. The first-order valence-electron chi connectivity index (χ1n) is 8.94. The first-order chi connectivity index (χ1) is 13.0. The van der Waals surface area contributed by atoms with Crippen molar-refractivity contribution in [3.05, 3.63) is 60.2 Å². The van der Waals surface area contributed by atoms with Gasteiger partial charge in [0.2, 0.25) is 0 Å². The summed E-state index contributed by atoms with van der Waals surface area (Å²) >= 11 is 0. The van der Waals surface area contributed by atoms with Crippen LogP contribution in [0.4, 0.5) is 5.69 Å². The normalized spacial score (nSPS) is 14.7. The lowest BCUT2D eigenvalue weighted by Gasteiger charge is -2.27. The number of carbonyl (C=O) groups is 1. The largest absolute Gasteiger partial charge is 0.351 e. The molecule has 3 N–H and O–H groups in total. The first-order valence-corrected chi connectivity index (χ1v) is 10.4. The number of piperazine rings is 1. The molecule has 1 amide bonds. The van der Waals surface area contributed by atoms with E-state index in [1.165, 1.54) is 12.1 Å². The van der Waals surface area contributed by atoms with Gasteiger partial charge in [-0.05, 0) is 36.4 Å². The summed E-state index contributed by atoms with van der Waals surface area (Å²) in [5.74, 6) is -0.164. The van der Waals surface area contributed by atoms with Crippen LogP contribution >= 0.6 is 12.4 Å². The lowest BCUT2D eigenvalue weighted by atomic mass is 10.2. The van der Waals surface area contributed by atoms with Crippen LogP contribution in [0.3, 0.4) is 0 Å². The molecule has 0 radical (unpaired) electrons. The Morgan fingerprint density at radius 1 is 1.00 bits per heavy atom. The number of rotatable bonds is 7. The molecule has 152 valence electrons. The summed E-state index contributed by atoms with van der Waals surface area (Å²) in [5.41, 5.74) is 0.911. The molecule has 1 fully saturated rings. The van der Waals surface area contributed by atoms with E-state index in [0.29, 0.717) is 17.8 Å². The van der Waals surface area contributed by atoms with E-state index >= 15 is 0 Å². The standard InChI is InChI=1S/C19H24N4O3S.ClH/c24-19(21-12-15-23-13-10-20-11-14-23)16-6-8-17(9-7-16)22-27(25,26)18-4-2-1-3-5-18;/h1-9,20,22H,10-15H2,(H,21,24);1H. The van der Waals surface area contributed by atoms with Gasteiger partial charge in [0, 0.05) is 50.5 Å². The highest BCUT2D eigenvalue weighted by Gasteiger charge is 2.14. The summed E-state index contributed by atoms with van der Waals surface area (Å²) in [6, 6.07) is 14.6. The highest BCUT2D eigenvalue weighted by Crippen LogP contribution is 2.16. The van der Waals surface area contributed by atoms with E-state index in [1.807, 2.05) is 0 Å². The van der Waals surface area contributed by atoms with Crippen molar-refractivity contribution in [3.63, 3.8) is 0 Å². The van der Waals surface area contributed by atoms with Crippen LogP contribution in [0.15, 0.2) is 59.5 Å².